The van der Waals surface area contributed by atoms with E-state index >= 15 is 0 Å². The molecule has 104 valence electrons. The van der Waals surface area contributed by atoms with Crippen molar-refractivity contribution >= 4 is 5.91 Å². The molecule has 0 heterocycles. The van der Waals surface area contributed by atoms with E-state index in [0.717, 1.165) is 0 Å². The fourth-order valence-corrected chi connectivity index (χ4v) is 2.52. The van der Waals surface area contributed by atoms with Gasteiger partial charge in [0.05, 0.1) is 6.04 Å². The Morgan fingerprint density at radius 3 is 2.42 bits per heavy atom. The van der Waals surface area contributed by atoms with Crippen molar-refractivity contribution < 1.29 is 4.79 Å². The number of fused-ring (bicyclic) bond motifs is 1. The van der Waals surface area contributed by atoms with Gasteiger partial charge >= 0.3 is 0 Å². The molecule has 1 aromatic carbocycles. The number of hydrogen-bond acceptors (Lipinski definition) is 1. The lowest BCUT2D eigenvalue weighted by molar-refractivity contribution is -0.129. The summed E-state index contributed by atoms with van der Waals surface area (Å²) in [6, 6.07) is 6.77. The van der Waals surface area contributed by atoms with Gasteiger partial charge in [-0.15, -0.1) is 0 Å². The van der Waals surface area contributed by atoms with Crippen molar-refractivity contribution in [2.24, 2.45) is 5.41 Å². The van der Waals surface area contributed by atoms with Gasteiger partial charge in [0, 0.05) is 5.41 Å². The number of nitrogens with one attached hydrogen (secondary N) is 1. The lowest BCUT2D eigenvalue weighted by atomic mass is 9.89. The van der Waals surface area contributed by atoms with Crippen LogP contribution in [-0.4, -0.2) is 5.91 Å². The number of aryl methyl sites for hydroxylation is 2. The minimum Gasteiger partial charge on any atom is -0.349 e. The van der Waals surface area contributed by atoms with Crippen LogP contribution >= 0.6 is 0 Å². The van der Waals surface area contributed by atoms with Gasteiger partial charge in [-0.2, -0.15) is 0 Å². The van der Waals surface area contributed by atoms with E-state index in [2.05, 4.69) is 30.4 Å². The molecule has 0 fully saturated rings. The van der Waals surface area contributed by atoms with Crippen LogP contribution in [-0.2, 0) is 17.6 Å². The van der Waals surface area contributed by atoms with Gasteiger partial charge in [-0.25, -0.2) is 0 Å². The third-order valence-electron chi connectivity index (χ3n) is 3.90. The minimum atomic E-state index is -0.331. The van der Waals surface area contributed by atoms with Crippen LogP contribution in [0.15, 0.2) is 18.2 Å². The van der Waals surface area contributed by atoms with E-state index < -0.39 is 0 Å². The van der Waals surface area contributed by atoms with Crippen LogP contribution in [0.2, 0.25) is 0 Å². The van der Waals surface area contributed by atoms with Crippen molar-refractivity contribution in [1.29, 1.82) is 0 Å². The second-order valence-electron chi connectivity index (χ2n) is 6.68. The lowest BCUT2D eigenvalue weighted by Gasteiger charge is -2.23. The molecule has 2 heteroatoms. The number of benzene rings is 1. The van der Waals surface area contributed by atoms with Gasteiger partial charge in [-0.3, -0.25) is 4.79 Å². The van der Waals surface area contributed by atoms with Crippen molar-refractivity contribution in [3.63, 3.8) is 0 Å². The molecule has 1 unspecified atom stereocenters. The van der Waals surface area contributed by atoms with Gasteiger partial charge in [0.1, 0.15) is 0 Å². The van der Waals surface area contributed by atoms with Crippen LogP contribution in [0.5, 0.6) is 0 Å². The number of carbonyl (C=O) groups is 1. The molecule has 0 saturated carbocycles. The molecule has 1 atom stereocenters. The Labute approximate surface area is 116 Å². The number of hydrogen-bond donors (Lipinski definition) is 1. The first kappa shape index (κ1) is 14.1. The molecule has 1 aliphatic rings. The van der Waals surface area contributed by atoms with E-state index in [1.54, 1.807) is 0 Å². The smallest absolute Gasteiger partial charge is 0.225 e. The first-order valence-electron chi connectivity index (χ1n) is 7.30. The number of rotatable bonds is 2. The largest absolute Gasteiger partial charge is 0.349 e. The van der Waals surface area contributed by atoms with Crippen LogP contribution in [0.3, 0.4) is 0 Å². The molecule has 0 radical (unpaired) electrons. The summed E-state index contributed by atoms with van der Waals surface area (Å²) in [6.45, 7) is 7.90. The molecule has 1 amide bonds. The second-order valence-corrected chi connectivity index (χ2v) is 6.68. The highest BCUT2D eigenvalue weighted by Crippen LogP contribution is 2.25. The third kappa shape index (κ3) is 3.37. The molecule has 19 heavy (non-hydrogen) atoms. The Kier molecular flexibility index (Phi) is 3.98. The molecular weight excluding hydrogens is 234 g/mol. The van der Waals surface area contributed by atoms with Crippen LogP contribution < -0.4 is 5.32 Å². The Morgan fingerprint density at radius 1 is 1.16 bits per heavy atom. The number of carbonyl (C=O) groups excluding carboxylic acids is 1. The van der Waals surface area contributed by atoms with Gasteiger partial charge in [0.15, 0.2) is 0 Å². The molecule has 1 aliphatic carbocycles. The van der Waals surface area contributed by atoms with E-state index in [-0.39, 0.29) is 17.4 Å². The zero-order chi connectivity index (χ0) is 14.0. The molecule has 1 N–H and O–H groups in total. The Balaban J connectivity index is 2.11. The van der Waals surface area contributed by atoms with Gasteiger partial charge in [0.25, 0.3) is 0 Å². The molecule has 0 saturated heterocycles. The quantitative estimate of drug-likeness (QED) is 0.860. The summed E-state index contributed by atoms with van der Waals surface area (Å²) in [5.41, 5.74) is 3.85. The maximum absolute atomic E-state index is 12.0. The van der Waals surface area contributed by atoms with Crippen molar-refractivity contribution in [1.82, 2.24) is 5.32 Å². The van der Waals surface area contributed by atoms with Crippen molar-refractivity contribution in [3.05, 3.63) is 34.9 Å². The Morgan fingerprint density at radius 2 is 1.79 bits per heavy atom. The van der Waals surface area contributed by atoms with Crippen molar-refractivity contribution in [2.75, 3.05) is 0 Å². The summed E-state index contributed by atoms with van der Waals surface area (Å²) in [6.07, 6.45) is 4.99. The van der Waals surface area contributed by atoms with E-state index in [4.69, 9.17) is 0 Å². The van der Waals surface area contributed by atoms with Crippen molar-refractivity contribution in [2.45, 2.75) is 59.4 Å². The van der Waals surface area contributed by atoms with Gasteiger partial charge < -0.3 is 5.32 Å². The molecule has 2 rings (SSSR count). The van der Waals surface area contributed by atoms with Gasteiger partial charge in [0.2, 0.25) is 5.91 Å². The predicted octanol–water partition coefficient (Wildman–Crippen LogP) is 3.79. The minimum absolute atomic E-state index is 0.0824. The van der Waals surface area contributed by atoms with Crippen LogP contribution in [0.4, 0.5) is 0 Å². The molecule has 2 nitrogen and oxygen atoms in total. The van der Waals surface area contributed by atoms with Gasteiger partial charge in [-0.1, -0.05) is 39.0 Å². The maximum atomic E-state index is 12.0. The average Bonchev–Trinajstić information content (AvgIpc) is 2.37. The van der Waals surface area contributed by atoms with E-state index in [9.17, 15) is 4.79 Å². The first-order chi connectivity index (χ1) is 8.88. The molecule has 1 aromatic rings. The standard InChI is InChI=1S/C17H25NO/c1-12(18-16(19)17(2,3)4)14-10-9-13-7-5-6-8-15(13)11-14/h9-12H,5-8H2,1-4H3,(H,18,19). The molecule has 0 bridgehead atoms. The van der Waals surface area contributed by atoms with E-state index in [0.29, 0.717) is 0 Å². The molecule has 0 aromatic heterocycles. The monoisotopic (exact) mass is 259 g/mol. The highest BCUT2D eigenvalue weighted by atomic mass is 16.2. The highest BCUT2D eigenvalue weighted by molar-refractivity contribution is 5.81. The Hall–Kier alpha value is -1.31. The van der Waals surface area contributed by atoms with Crippen LogP contribution in [0.1, 0.15) is 63.3 Å². The first-order valence-corrected chi connectivity index (χ1v) is 7.30. The van der Waals surface area contributed by atoms with Crippen molar-refractivity contribution in [3.8, 4) is 0 Å². The Bertz CT molecular complexity index is 471. The zero-order valence-electron chi connectivity index (χ0n) is 12.5. The summed E-state index contributed by atoms with van der Waals surface area (Å²) in [5, 5.41) is 3.10. The summed E-state index contributed by atoms with van der Waals surface area (Å²) >= 11 is 0. The molecular formula is C17H25NO. The summed E-state index contributed by atoms with van der Waals surface area (Å²) in [5.74, 6) is 0.109. The van der Waals surface area contributed by atoms with Gasteiger partial charge in [-0.05, 0) is 49.3 Å². The predicted molar refractivity (Wildman–Crippen MR) is 79.1 cm³/mol. The fourth-order valence-electron chi connectivity index (χ4n) is 2.52. The van der Waals surface area contributed by atoms with E-state index in [1.807, 2.05) is 20.8 Å². The van der Waals surface area contributed by atoms with Crippen LogP contribution in [0, 0.1) is 5.41 Å². The molecule has 0 aliphatic heterocycles. The maximum Gasteiger partial charge on any atom is 0.225 e. The lowest BCUT2D eigenvalue weighted by Crippen LogP contribution is -2.36. The summed E-state index contributed by atoms with van der Waals surface area (Å²) < 4.78 is 0. The number of amides is 1. The summed E-state index contributed by atoms with van der Waals surface area (Å²) in [4.78, 5) is 12.0. The third-order valence-corrected chi connectivity index (χ3v) is 3.90. The molecule has 0 spiro atoms. The highest BCUT2D eigenvalue weighted by Gasteiger charge is 2.23. The van der Waals surface area contributed by atoms with Crippen LogP contribution in [0.25, 0.3) is 0 Å². The van der Waals surface area contributed by atoms with E-state index in [1.165, 1.54) is 42.4 Å². The summed E-state index contributed by atoms with van der Waals surface area (Å²) in [7, 11) is 0. The fraction of sp³-hybridized carbons (Fsp3) is 0.588. The topological polar surface area (TPSA) is 29.1 Å². The normalized spacial score (nSPS) is 16.6. The SMILES string of the molecule is CC(NC(=O)C(C)(C)C)c1ccc2c(c1)CCCC2. The second kappa shape index (κ2) is 5.36. The average molecular weight is 259 g/mol. The zero-order valence-corrected chi connectivity index (χ0v) is 12.5.